The van der Waals surface area contributed by atoms with Gasteiger partial charge in [0.05, 0.1) is 5.69 Å². The fourth-order valence-corrected chi connectivity index (χ4v) is 3.53. The van der Waals surface area contributed by atoms with Crippen LogP contribution in [-0.4, -0.2) is 40.5 Å². The van der Waals surface area contributed by atoms with Gasteiger partial charge in [-0.1, -0.05) is 0 Å². The normalized spacial score (nSPS) is 19.4. The van der Waals surface area contributed by atoms with Crippen molar-refractivity contribution in [2.24, 2.45) is 0 Å². The van der Waals surface area contributed by atoms with E-state index in [4.69, 9.17) is 0 Å². The quantitative estimate of drug-likeness (QED) is 0.932. The van der Waals surface area contributed by atoms with E-state index in [-0.39, 0.29) is 18.0 Å². The van der Waals surface area contributed by atoms with Gasteiger partial charge in [-0.05, 0) is 39.4 Å². The predicted molar refractivity (Wildman–Crippen MR) is 88.6 cm³/mol. The molecule has 1 aliphatic rings. The van der Waals surface area contributed by atoms with Gasteiger partial charge in [0.2, 0.25) is 0 Å². The van der Waals surface area contributed by atoms with Crippen molar-refractivity contribution in [3.63, 3.8) is 0 Å². The third-order valence-electron chi connectivity index (χ3n) is 3.94. The van der Waals surface area contributed by atoms with Crippen molar-refractivity contribution in [3.05, 3.63) is 33.7 Å². The minimum absolute atomic E-state index is 0. The van der Waals surface area contributed by atoms with Gasteiger partial charge in [0.25, 0.3) is 5.56 Å². The Hall–Kier alpha value is -0.950. The van der Waals surface area contributed by atoms with E-state index in [2.05, 4.69) is 22.2 Å². The lowest BCUT2D eigenvalue weighted by Crippen LogP contribution is -2.32. The largest absolute Gasteiger partial charge is 0.317 e. The molecule has 7 heteroatoms. The lowest BCUT2D eigenvalue weighted by Gasteiger charge is -2.26. The smallest absolute Gasteiger partial charge is 0.258 e. The highest BCUT2D eigenvalue weighted by molar-refractivity contribution is 7.15. The van der Waals surface area contributed by atoms with Crippen molar-refractivity contribution < 1.29 is 0 Å². The van der Waals surface area contributed by atoms with Crippen LogP contribution in [0.2, 0.25) is 0 Å². The lowest BCUT2D eigenvalue weighted by atomic mass is 10.1. The topological polar surface area (TPSA) is 49.6 Å². The molecule has 0 aromatic carbocycles. The van der Waals surface area contributed by atoms with Gasteiger partial charge < -0.3 is 5.32 Å². The molecule has 0 radical (unpaired) electrons. The van der Waals surface area contributed by atoms with Crippen LogP contribution < -0.4 is 10.9 Å². The average Bonchev–Trinajstić information content (AvgIpc) is 2.73. The van der Waals surface area contributed by atoms with Gasteiger partial charge in [-0.2, -0.15) is 0 Å². The molecule has 1 unspecified atom stereocenters. The maximum Gasteiger partial charge on any atom is 0.258 e. The zero-order chi connectivity index (χ0) is 13.9. The fraction of sp³-hybridized carbons (Fsp3) is 0.571. The van der Waals surface area contributed by atoms with Gasteiger partial charge in [-0.3, -0.25) is 14.1 Å². The fourth-order valence-electron chi connectivity index (χ4n) is 2.79. The number of fused-ring (bicyclic) bond motifs is 1. The molecule has 1 fully saturated rings. The zero-order valence-electron chi connectivity index (χ0n) is 12.1. The van der Waals surface area contributed by atoms with Crippen LogP contribution in [0.4, 0.5) is 0 Å². The van der Waals surface area contributed by atoms with E-state index in [1.54, 1.807) is 16.7 Å². The number of rotatable bonds is 3. The molecule has 2 aromatic rings. The Balaban J connectivity index is 0.00000161. The summed E-state index contributed by atoms with van der Waals surface area (Å²) in [7, 11) is 2.13. The summed E-state index contributed by atoms with van der Waals surface area (Å²) in [6.45, 7) is 2.94. The number of hydrogen-bond acceptors (Lipinski definition) is 5. The second-order valence-electron chi connectivity index (χ2n) is 5.39. The minimum Gasteiger partial charge on any atom is -0.317 e. The average molecular weight is 329 g/mol. The van der Waals surface area contributed by atoms with E-state index in [1.807, 2.05) is 5.38 Å². The van der Waals surface area contributed by atoms with Crippen LogP contribution in [-0.2, 0) is 6.54 Å². The molecule has 0 saturated carbocycles. The maximum atomic E-state index is 12.0. The third kappa shape index (κ3) is 3.83. The van der Waals surface area contributed by atoms with Gasteiger partial charge in [0.1, 0.15) is 0 Å². The molecule has 3 heterocycles. The summed E-state index contributed by atoms with van der Waals surface area (Å²) in [5.41, 5.74) is 0.888. The molecule has 0 amide bonds. The molecule has 0 spiro atoms. The standard InChI is InChI=1S/C14H20N4OS.ClH/c1-17(12-3-2-5-15-6-4-12)10-11-9-13(19)18-7-8-20-14(18)16-11;/h7-9,12,15H,2-6,10H2,1H3;1H. The van der Waals surface area contributed by atoms with Gasteiger partial charge in [-0.25, -0.2) is 4.98 Å². The molecule has 0 bridgehead atoms. The first kappa shape index (κ1) is 16.4. The van der Waals surface area contributed by atoms with E-state index in [1.165, 1.54) is 24.2 Å². The number of thiazole rings is 1. The first-order chi connectivity index (χ1) is 9.74. The van der Waals surface area contributed by atoms with Crippen LogP contribution >= 0.6 is 23.7 Å². The second-order valence-corrected chi connectivity index (χ2v) is 6.26. The van der Waals surface area contributed by atoms with E-state index < -0.39 is 0 Å². The van der Waals surface area contributed by atoms with E-state index in [0.717, 1.165) is 36.7 Å². The Morgan fingerprint density at radius 3 is 3.19 bits per heavy atom. The SMILES string of the molecule is CN(Cc1cc(=O)n2ccsc2n1)C1CCCNCC1.Cl. The minimum atomic E-state index is 0. The van der Waals surface area contributed by atoms with Crippen LogP contribution in [0.5, 0.6) is 0 Å². The van der Waals surface area contributed by atoms with Gasteiger partial charge in [0, 0.05) is 30.2 Å². The van der Waals surface area contributed by atoms with Crippen LogP contribution in [0.25, 0.3) is 4.96 Å². The van der Waals surface area contributed by atoms with Crippen molar-refractivity contribution in [2.75, 3.05) is 20.1 Å². The summed E-state index contributed by atoms with van der Waals surface area (Å²) < 4.78 is 1.60. The molecule has 116 valence electrons. The van der Waals surface area contributed by atoms with Crippen molar-refractivity contribution >= 4 is 28.7 Å². The monoisotopic (exact) mass is 328 g/mol. The number of aromatic nitrogens is 2. The van der Waals surface area contributed by atoms with Gasteiger partial charge >= 0.3 is 0 Å². The Bertz CT molecular complexity index is 633. The first-order valence-electron chi connectivity index (χ1n) is 7.11. The number of hydrogen-bond donors (Lipinski definition) is 1. The van der Waals surface area contributed by atoms with Gasteiger partial charge in [-0.15, -0.1) is 23.7 Å². The number of nitrogens with one attached hydrogen (secondary N) is 1. The van der Waals surface area contributed by atoms with Gasteiger partial charge in [0.15, 0.2) is 4.96 Å². The summed E-state index contributed by atoms with van der Waals surface area (Å²) in [6, 6.07) is 2.24. The molecule has 1 atom stereocenters. The summed E-state index contributed by atoms with van der Waals surface area (Å²) in [4.78, 5) is 19.7. The molecule has 1 aliphatic heterocycles. The van der Waals surface area contributed by atoms with Crippen molar-refractivity contribution in [3.8, 4) is 0 Å². The number of halogens is 1. The van der Waals surface area contributed by atoms with Crippen LogP contribution in [0.1, 0.15) is 25.0 Å². The van der Waals surface area contributed by atoms with Crippen molar-refractivity contribution in [1.82, 2.24) is 19.6 Å². The second kappa shape index (κ2) is 7.35. The summed E-state index contributed by atoms with van der Waals surface area (Å²) in [5, 5.41) is 5.33. The summed E-state index contributed by atoms with van der Waals surface area (Å²) in [5.74, 6) is 0. The molecule has 0 aliphatic carbocycles. The van der Waals surface area contributed by atoms with Crippen LogP contribution in [0, 0.1) is 0 Å². The van der Waals surface area contributed by atoms with E-state index >= 15 is 0 Å². The summed E-state index contributed by atoms with van der Waals surface area (Å²) in [6.07, 6.45) is 5.37. The Labute approximate surface area is 134 Å². The Morgan fingerprint density at radius 1 is 1.48 bits per heavy atom. The molecule has 1 saturated heterocycles. The van der Waals surface area contributed by atoms with E-state index in [0.29, 0.717) is 6.04 Å². The molecule has 5 nitrogen and oxygen atoms in total. The first-order valence-corrected chi connectivity index (χ1v) is 7.99. The third-order valence-corrected chi connectivity index (χ3v) is 4.69. The highest BCUT2D eigenvalue weighted by atomic mass is 35.5. The molecular formula is C14H21ClN4OS. The van der Waals surface area contributed by atoms with Crippen LogP contribution in [0.15, 0.2) is 22.4 Å². The van der Waals surface area contributed by atoms with Crippen molar-refractivity contribution in [1.29, 1.82) is 0 Å². The Kier molecular flexibility index (Phi) is 5.75. The zero-order valence-corrected chi connectivity index (χ0v) is 13.8. The highest BCUT2D eigenvalue weighted by Crippen LogP contribution is 2.14. The maximum absolute atomic E-state index is 12.0. The number of nitrogens with zero attached hydrogens (tertiary/aromatic N) is 3. The molecule has 3 rings (SSSR count). The van der Waals surface area contributed by atoms with E-state index in [9.17, 15) is 4.79 Å². The van der Waals surface area contributed by atoms with Crippen LogP contribution in [0.3, 0.4) is 0 Å². The lowest BCUT2D eigenvalue weighted by molar-refractivity contribution is 0.214. The molecule has 2 aromatic heterocycles. The van der Waals surface area contributed by atoms with Crippen molar-refractivity contribution in [2.45, 2.75) is 31.8 Å². The molecule has 1 N–H and O–H groups in total. The summed E-state index contributed by atoms with van der Waals surface area (Å²) >= 11 is 1.50. The molecular weight excluding hydrogens is 308 g/mol. The predicted octanol–water partition coefficient (Wildman–Crippen LogP) is 1.75. The molecule has 21 heavy (non-hydrogen) atoms. The highest BCUT2D eigenvalue weighted by Gasteiger charge is 2.17. The Morgan fingerprint density at radius 2 is 2.33 bits per heavy atom.